The van der Waals surface area contributed by atoms with Crippen LogP contribution in [0.2, 0.25) is 0 Å². The number of aromatic nitrogens is 4. The molecule has 0 saturated heterocycles. The molecule has 1 aromatic carbocycles. The minimum atomic E-state index is -0.529. The molecule has 0 aliphatic carbocycles. The maximum atomic E-state index is 13.1. The standard InChI is InChI=1S/C23H21FN4O2/c1-14-4-5-16(11-25-14)15(2)30-18-7-8-19(21(10-18)29-3)20-13-27-23(28-20)17-6-9-22(24)26-12-17/h4-13,15H,1-3H3,(H,27,28)/t15-/m0/s1. The van der Waals surface area contributed by atoms with Gasteiger partial charge in [-0.1, -0.05) is 6.07 Å². The van der Waals surface area contributed by atoms with E-state index >= 15 is 0 Å². The Hall–Kier alpha value is -3.74. The van der Waals surface area contributed by atoms with E-state index in [1.54, 1.807) is 19.4 Å². The average molecular weight is 404 g/mol. The highest BCUT2D eigenvalue weighted by Crippen LogP contribution is 2.34. The summed E-state index contributed by atoms with van der Waals surface area (Å²) in [5.74, 6) is 1.40. The number of nitrogens with one attached hydrogen (secondary N) is 1. The predicted molar refractivity (Wildman–Crippen MR) is 112 cm³/mol. The highest BCUT2D eigenvalue weighted by atomic mass is 19.1. The molecule has 0 unspecified atom stereocenters. The summed E-state index contributed by atoms with van der Waals surface area (Å²) in [4.78, 5) is 15.6. The fraction of sp³-hybridized carbons (Fsp3) is 0.174. The third-order valence-electron chi connectivity index (χ3n) is 4.76. The Balaban J connectivity index is 1.57. The molecular formula is C23H21FN4O2. The maximum absolute atomic E-state index is 13.1. The summed E-state index contributed by atoms with van der Waals surface area (Å²) in [5.41, 5.74) is 4.26. The molecule has 152 valence electrons. The van der Waals surface area contributed by atoms with E-state index in [0.29, 0.717) is 22.9 Å². The number of aryl methyl sites for hydroxylation is 1. The number of nitrogens with zero attached hydrogens (tertiary/aromatic N) is 3. The van der Waals surface area contributed by atoms with Crippen LogP contribution in [0.15, 0.2) is 61.1 Å². The lowest BCUT2D eigenvalue weighted by atomic mass is 10.1. The van der Waals surface area contributed by atoms with Crippen LogP contribution in [0.3, 0.4) is 0 Å². The number of hydrogen-bond donors (Lipinski definition) is 1. The molecule has 0 spiro atoms. The summed E-state index contributed by atoms with van der Waals surface area (Å²) >= 11 is 0. The molecule has 4 aromatic rings. The number of hydrogen-bond acceptors (Lipinski definition) is 5. The van der Waals surface area contributed by atoms with Gasteiger partial charge in [-0.3, -0.25) is 4.98 Å². The minimum absolute atomic E-state index is 0.154. The van der Waals surface area contributed by atoms with E-state index in [2.05, 4.69) is 19.9 Å². The van der Waals surface area contributed by atoms with Crippen molar-refractivity contribution in [3.05, 3.63) is 78.3 Å². The van der Waals surface area contributed by atoms with Gasteiger partial charge in [-0.2, -0.15) is 4.39 Å². The Morgan fingerprint density at radius 3 is 2.53 bits per heavy atom. The van der Waals surface area contributed by atoms with Crippen molar-refractivity contribution in [1.29, 1.82) is 0 Å². The first-order chi connectivity index (χ1) is 14.5. The van der Waals surface area contributed by atoms with Gasteiger partial charge >= 0.3 is 0 Å². The SMILES string of the molecule is COc1cc(O[C@@H](C)c2ccc(C)nc2)ccc1-c1cnc(-c2ccc(F)nc2)[nH]1. The Morgan fingerprint density at radius 1 is 0.967 bits per heavy atom. The monoisotopic (exact) mass is 404 g/mol. The van der Waals surface area contributed by atoms with Crippen LogP contribution in [0.4, 0.5) is 4.39 Å². The number of imidazole rings is 1. The molecule has 0 saturated carbocycles. The number of pyridine rings is 2. The first kappa shape index (κ1) is 19.6. The molecule has 0 radical (unpaired) electrons. The van der Waals surface area contributed by atoms with Gasteiger partial charge < -0.3 is 14.5 Å². The van der Waals surface area contributed by atoms with Crippen molar-refractivity contribution < 1.29 is 13.9 Å². The fourth-order valence-corrected chi connectivity index (χ4v) is 3.08. The Bertz CT molecular complexity index is 1140. The van der Waals surface area contributed by atoms with Gasteiger partial charge in [-0.25, -0.2) is 9.97 Å². The number of methoxy groups -OCH3 is 1. The molecule has 0 aliphatic rings. The van der Waals surface area contributed by atoms with Crippen LogP contribution in [0.1, 0.15) is 24.3 Å². The molecule has 0 bridgehead atoms. The van der Waals surface area contributed by atoms with E-state index in [4.69, 9.17) is 9.47 Å². The van der Waals surface area contributed by atoms with Gasteiger partial charge in [0.25, 0.3) is 0 Å². The third kappa shape index (κ3) is 4.15. The molecule has 3 heterocycles. The third-order valence-corrected chi connectivity index (χ3v) is 4.76. The lowest BCUT2D eigenvalue weighted by Gasteiger charge is -2.16. The van der Waals surface area contributed by atoms with Crippen molar-refractivity contribution in [2.45, 2.75) is 20.0 Å². The number of aromatic amines is 1. The van der Waals surface area contributed by atoms with Gasteiger partial charge in [-0.15, -0.1) is 0 Å². The predicted octanol–water partition coefficient (Wildman–Crippen LogP) is 5.13. The molecule has 7 heteroatoms. The van der Waals surface area contributed by atoms with Crippen LogP contribution in [-0.4, -0.2) is 27.0 Å². The number of H-pyrrole nitrogens is 1. The summed E-state index contributed by atoms with van der Waals surface area (Å²) in [6.45, 7) is 3.93. The van der Waals surface area contributed by atoms with Gasteiger partial charge in [-0.05, 0) is 44.2 Å². The van der Waals surface area contributed by atoms with E-state index < -0.39 is 5.95 Å². The van der Waals surface area contributed by atoms with E-state index in [0.717, 1.165) is 22.5 Å². The zero-order valence-corrected chi connectivity index (χ0v) is 16.9. The van der Waals surface area contributed by atoms with Crippen LogP contribution in [-0.2, 0) is 0 Å². The summed E-state index contributed by atoms with van der Waals surface area (Å²) in [6, 6.07) is 12.5. The second kappa shape index (κ2) is 8.32. The van der Waals surface area contributed by atoms with E-state index in [1.165, 1.54) is 12.3 Å². The van der Waals surface area contributed by atoms with Gasteiger partial charge in [0.2, 0.25) is 5.95 Å². The van der Waals surface area contributed by atoms with Crippen molar-refractivity contribution in [3.8, 4) is 34.1 Å². The minimum Gasteiger partial charge on any atom is -0.496 e. The van der Waals surface area contributed by atoms with Crippen LogP contribution in [0.25, 0.3) is 22.6 Å². The molecule has 0 fully saturated rings. The van der Waals surface area contributed by atoms with Crippen molar-refractivity contribution in [2.75, 3.05) is 7.11 Å². The number of benzene rings is 1. The normalized spacial score (nSPS) is 11.9. The number of halogens is 1. The molecule has 0 amide bonds. The van der Waals surface area contributed by atoms with Crippen LogP contribution < -0.4 is 9.47 Å². The number of ether oxygens (including phenoxy) is 2. The van der Waals surface area contributed by atoms with E-state index in [-0.39, 0.29) is 6.10 Å². The van der Waals surface area contributed by atoms with Gasteiger partial charge in [0, 0.05) is 40.8 Å². The van der Waals surface area contributed by atoms with Crippen LogP contribution >= 0.6 is 0 Å². The Kier molecular flexibility index (Phi) is 5.43. The molecule has 3 aromatic heterocycles. The Labute approximate surface area is 173 Å². The zero-order chi connectivity index (χ0) is 21.1. The van der Waals surface area contributed by atoms with Gasteiger partial charge in [0.15, 0.2) is 0 Å². The van der Waals surface area contributed by atoms with Crippen molar-refractivity contribution in [2.24, 2.45) is 0 Å². The molecule has 0 aliphatic heterocycles. The van der Waals surface area contributed by atoms with Crippen LogP contribution in [0, 0.1) is 12.9 Å². The Morgan fingerprint density at radius 2 is 1.83 bits per heavy atom. The lowest BCUT2D eigenvalue weighted by Crippen LogP contribution is -2.04. The largest absolute Gasteiger partial charge is 0.496 e. The summed E-state index contributed by atoms with van der Waals surface area (Å²) in [5, 5.41) is 0. The van der Waals surface area contributed by atoms with Gasteiger partial charge in [0.05, 0.1) is 19.0 Å². The topological polar surface area (TPSA) is 72.9 Å². The first-order valence-corrected chi connectivity index (χ1v) is 9.48. The smallest absolute Gasteiger partial charge is 0.212 e. The highest BCUT2D eigenvalue weighted by molar-refractivity contribution is 5.70. The van der Waals surface area contributed by atoms with E-state index in [1.807, 2.05) is 50.4 Å². The lowest BCUT2D eigenvalue weighted by molar-refractivity contribution is 0.225. The molecular weight excluding hydrogens is 383 g/mol. The quantitative estimate of drug-likeness (QED) is 0.451. The zero-order valence-electron chi connectivity index (χ0n) is 16.9. The van der Waals surface area contributed by atoms with Gasteiger partial charge in [0.1, 0.15) is 23.4 Å². The molecule has 1 N–H and O–H groups in total. The summed E-state index contributed by atoms with van der Waals surface area (Å²) in [7, 11) is 1.61. The second-order valence-corrected chi connectivity index (χ2v) is 6.87. The maximum Gasteiger partial charge on any atom is 0.212 e. The average Bonchev–Trinajstić information content (AvgIpc) is 3.24. The van der Waals surface area contributed by atoms with Crippen molar-refractivity contribution >= 4 is 0 Å². The summed E-state index contributed by atoms with van der Waals surface area (Å²) in [6.07, 6.45) is 4.81. The number of rotatable bonds is 6. The molecule has 6 nitrogen and oxygen atoms in total. The second-order valence-electron chi connectivity index (χ2n) is 6.87. The van der Waals surface area contributed by atoms with Crippen molar-refractivity contribution in [1.82, 2.24) is 19.9 Å². The summed E-state index contributed by atoms with van der Waals surface area (Å²) < 4.78 is 24.7. The first-order valence-electron chi connectivity index (χ1n) is 9.48. The van der Waals surface area contributed by atoms with Crippen LogP contribution in [0.5, 0.6) is 11.5 Å². The molecule has 4 rings (SSSR count). The fourth-order valence-electron chi connectivity index (χ4n) is 3.08. The molecule has 30 heavy (non-hydrogen) atoms. The van der Waals surface area contributed by atoms with Crippen molar-refractivity contribution in [3.63, 3.8) is 0 Å². The van der Waals surface area contributed by atoms with E-state index in [9.17, 15) is 4.39 Å². The highest BCUT2D eigenvalue weighted by Gasteiger charge is 2.14. The molecule has 1 atom stereocenters.